The van der Waals surface area contributed by atoms with Crippen molar-refractivity contribution in [2.24, 2.45) is 5.92 Å². The minimum absolute atomic E-state index is 0. The number of hydrogen-bond acceptors (Lipinski definition) is 4. The van der Waals surface area contributed by atoms with Gasteiger partial charge in [0.1, 0.15) is 0 Å². The van der Waals surface area contributed by atoms with Gasteiger partial charge in [-0.1, -0.05) is 18.2 Å². The molecule has 0 saturated carbocycles. The number of halogens is 3. The van der Waals surface area contributed by atoms with Crippen LogP contribution in [0.5, 0.6) is 0 Å². The smallest absolute Gasteiger partial charge is 0.226 e. The fraction of sp³-hybridized carbons (Fsp3) is 0.632. The minimum Gasteiger partial charge on any atom is -0.369 e. The molecular weight excluding hydrogens is 407 g/mol. The van der Waals surface area contributed by atoms with E-state index in [0.717, 1.165) is 65.2 Å². The normalized spacial score (nSPS) is 19.9. The summed E-state index contributed by atoms with van der Waals surface area (Å²) in [7, 11) is 1.96. The lowest BCUT2D eigenvalue weighted by Gasteiger charge is -2.37. The average molecular weight is 440 g/mol. The highest BCUT2D eigenvalue weighted by atomic mass is 35.5. The zero-order valence-electron chi connectivity index (χ0n) is 16.0. The van der Waals surface area contributed by atoms with Crippen molar-refractivity contribution >= 4 is 48.8 Å². The predicted molar refractivity (Wildman–Crippen MR) is 120 cm³/mol. The van der Waals surface area contributed by atoms with Crippen LogP contribution in [0.1, 0.15) is 12.8 Å². The van der Waals surface area contributed by atoms with E-state index in [-0.39, 0.29) is 43.1 Å². The Morgan fingerprint density at radius 2 is 1.78 bits per heavy atom. The van der Waals surface area contributed by atoms with Gasteiger partial charge in [-0.15, -0.1) is 37.2 Å². The van der Waals surface area contributed by atoms with Crippen molar-refractivity contribution in [1.29, 1.82) is 0 Å². The number of rotatable bonds is 5. The van der Waals surface area contributed by atoms with Crippen molar-refractivity contribution < 1.29 is 4.79 Å². The maximum absolute atomic E-state index is 12.5. The largest absolute Gasteiger partial charge is 0.369 e. The number of carbonyl (C=O) groups excluding carboxylic acids is 1. The first-order valence-corrected chi connectivity index (χ1v) is 9.22. The fourth-order valence-electron chi connectivity index (χ4n) is 3.64. The van der Waals surface area contributed by atoms with Crippen LogP contribution in [0.3, 0.4) is 0 Å². The molecule has 3 rings (SSSR count). The Morgan fingerprint density at radius 1 is 1.11 bits per heavy atom. The van der Waals surface area contributed by atoms with Gasteiger partial charge in [0.25, 0.3) is 0 Å². The first-order valence-electron chi connectivity index (χ1n) is 9.22. The van der Waals surface area contributed by atoms with Crippen molar-refractivity contribution in [2.75, 3.05) is 64.3 Å². The molecule has 1 aromatic carbocycles. The fourth-order valence-corrected chi connectivity index (χ4v) is 3.64. The van der Waals surface area contributed by atoms with E-state index in [9.17, 15) is 4.79 Å². The molecule has 2 saturated heterocycles. The second kappa shape index (κ2) is 13.5. The SMILES string of the molecule is CN(CCN1CCN(c2ccccc2)CC1)C(=O)C1CCCNC1.Cl.Cl.Cl. The van der Waals surface area contributed by atoms with Crippen LogP contribution >= 0.6 is 37.2 Å². The molecular formula is C19H33Cl3N4O. The first kappa shape index (κ1) is 26.3. The van der Waals surface area contributed by atoms with E-state index in [2.05, 4.69) is 45.4 Å². The van der Waals surface area contributed by atoms with Crippen LogP contribution in [0.4, 0.5) is 5.69 Å². The van der Waals surface area contributed by atoms with Crippen molar-refractivity contribution in [1.82, 2.24) is 15.1 Å². The zero-order valence-corrected chi connectivity index (χ0v) is 18.5. The van der Waals surface area contributed by atoms with Gasteiger partial charge in [-0.25, -0.2) is 0 Å². The van der Waals surface area contributed by atoms with Gasteiger partial charge in [-0.3, -0.25) is 9.69 Å². The van der Waals surface area contributed by atoms with Gasteiger partial charge in [0, 0.05) is 58.5 Å². The van der Waals surface area contributed by atoms with Crippen molar-refractivity contribution in [3.63, 3.8) is 0 Å². The minimum atomic E-state index is 0. The Balaban J connectivity index is 0.00000225. The van der Waals surface area contributed by atoms with Crippen LogP contribution in [0.25, 0.3) is 0 Å². The average Bonchev–Trinajstić information content (AvgIpc) is 2.67. The number of benzene rings is 1. The first-order chi connectivity index (χ1) is 11.7. The van der Waals surface area contributed by atoms with E-state index in [4.69, 9.17) is 0 Å². The summed E-state index contributed by atoms with van der Waals surface area (Å²) in [6.45, 7) is 7.98. The van der Waals surface area contributed by atoms with Crippen LogP contribution < -0.4 is 10.2 Å². The molecule has 1 unspecified atom stereocenters. The van der Waals surface area contributed by atoms with E-state index in [1.165, 1.54) is 5.69 Å². The molecule has 5 nitrogen and oxygen atoms in total. The molecule has 2 aliphatic heterocycles. The number of anilines is 1. The highest BCUT2D eigenvalue weighted by Gasteiger charge is 2.24. The molecule has 1 atom stereocenters. The van der Waals surface area contributed by atoms with E-state index < -0.39 is 0 Å². The topological polar surface area (TPSA) is 38.8 Å². The Labute approximate surface area is 182 Å². The van der Waals surface area contributed by atoms with Crippen molar-refractivity contribution in [3.05, 3.63) is 30.3 Å². The summed E-state index contributed by atoms with van der Waals surface area (Å²) in [6.07, 6.45) is 2.15. The second-order valence-corrected chi connectivity index (χ2v) is 6.97. The van der Waals surface area contributed by atoms with E-state index in [1.54, 1.807) is 0 Å². The second-order valence-electron chi connectivity index (χ2n) is 6.97. The molecule has 2 fully saturated rings. The van der Waals surface area contributed by atoms with E-state index in [1.807, 2.05) is 11.9 Å². The molecule has 0 spiro atoms. The number of piperazine rings is 1. The maximum Gasteiger partial charge on any atom is 0.226 e. The number of hydrogen-bond donors (Lipinski definition) is 1. The summed E-state index contributed by atoms with van der Waals surface area (Å²) in [5, 5.41) is 3.33. The Hall–Kier alpha value is -0.720. The number of piperidine rings is 1. The molecule has 1 aromatic rings. The van der Waals surface area contributed by atoms with E-state index in [0.29, 0.717) is 5.91 Å². The molecule has 27 heavy (non-hydrogen) atoms. The van der Waals surface area contributed by atoms with Gasteiger partial charge in [-0.2, -0.15) is 0 Å². The summed E-state index contributed by atoms with van der Waals surface area (Å²) in [6, 6.07) is 10.6. The van der Waals surface area contributed by atoms with Gasteiger partial charge in [0.05, 0.1) is 5.92 Å². The lowest BCUT2D eigenvalue weighted by molar-refractivity contribution is -0.134. The molecule has 1 amide bonds. The molecule has 0 aromatic heterocycles. The third kappa shape index (κ3) is 7.66. The van der Waals surface area contributed by atoms with Gasteiger partial charge >= 0.3 is 0 Å². The highest BCUT2D eigenvalue weighted by Crippen LogP contribution is 2.16. The number of nitrogens with one attached hydrogen (secondary N) is 1. The number of likely N-dealkylation sites (N-methyl/N-ethyl adjacent to an activating group) is 1. The summed E-state index contributed by atoms with van der Waals surface area (Å²) in [5.74, 6) is 0.490. The molecule has 8 heteroatoms. The predicted octanol–water partition coefficient (Wildman–Crippen LogP) is 2.53. The van der Waals surface area contributed by atoms with Crippen LogP contribution in [0.15, 0.2) is 30.3 Å². The zero-order chi connectivity index (χ0) is 16.8. The lowest BCUT2D eigenvalue weighted by atomic mass is 9.98. The van der Waals surface area contributed by atoms with Crippen LogP contribution in [0, 0.1) is 5.92 Å². The molecule has 156 valence electrons. The monoisotopic (exact) mass is 438 g/mol. The van der Waals surface area contributed by atoms with Gasteiger partial charge in [0.15, 0.2) is 0 Å². The molecule has 0 radical (unpaired) electrons. The van der Waals surface area contributed by atoms with Crippen LogP contribution in [-0.2, 0) is 4.79 Å². The number of para-hydroxylation sites is 1. The molecule has 0 aliphatic carbocycles. The number of nitrogens with zero attached hydrogens (tertiary/aromatic N) is 3. The molecule has 2 aliphatic rings. The van der Waals surface area contributed by atoms with Crippen LogP contribution in [0.2, 0.25) is 0 Å². The Kier molecular flexibility index (Phi) is 13.1. The number of carbonyl (C=O) groups is 1. The lowest BCUT2D eigenvalue weighted by Crippen LogP contribution is -2.49. The standard InChI is InChI=1S/C19H30N4O.3ClH/c1-21(19(24)17-6-5-9-20-16-17)10-11-22-12-14-23(15-13-22)18-7-3-2-4-8-18;;;/h2-4,7-8,17,20H,5-6,9-16H2,1H3;3*1H. The Morgan fingerprint density at radius 3 is 2.37 bits per heavy atom. The summed E-state index contributed by atoms with van der Waals surface area (Å²) >= 11 is 0. The van der Waals surface area contributed by atoms with Crippen LogP contribution in [-0.4, -0.2) is 75.1 Å². The molecule has 1 N–H and O–H groups in total. The molecule has 2 heterocycles. The highest BCUT2D eigenvalue weighted by molar-refractivity contribution is 5.86. The number of amides is 1. The maximum atomic E-state index is 12.5. The summed E-state index contributed by atoms with van der Waals surface area (Å²) in [4.78, 5) is 19.3. The third-order valence-corrected chi connectivity index (χ3v) is 5.27. The quantitative estimate of drug-likeness (QED) is 0.765. The summed E-state index contributed by atoms with van der Waals surface area (Å²) in [5.41, 5.74) is 1.31. The Bertz CT molecular complexity index is 521. The van der Waals surface area contributed by atoms with E-state index >= 15 is 0 Å². The van der Waals surface area contributed by atoms with Gasteiger partial charge < -0.3 is 15.1 Å². The van der Waals surface area contributed by atoms with Crippen molar-refractivity contribution in [3.8, 4) is 0 Å². The third-order valence-electron chi connectivity index (χ3n) is 5.27. The van der Waals surface area contributed by atoms with Crippen molar-refractivity contribution in [2.45, 2.75) is 12.8 Å². The molecule has 0 bridgehead atoms. The van der Waals surface area contributed by atoms with Gasteiger partial charge in [0.2, 0.25) is 5.91 Å². The summed E-state index contributed by atoms with van der Waals surface area (Å²) < 4.78 is 0. The van der Waals surface area contributed by atoms with Gasteiger partial charge in [-0.05, 0) is 31.5 Å².